The third kappa shape index (κ3) is 3.74. The maximum absolute atomic E-state index is 12.4. The lowest BCUT2D eigenvalue weighted by Gasteiger charge is -2.14. The molecule has 1 aromatic heterocycles. The fourth-order valence-corrected chi connectivity index (χ4v) is 1.26. The number of nitrogens with zero attached hydrogens (tertiary/aromatic N) is 1. The highest BCUT2D eigenvalue weighted by molar-refractivity contribution is 5.90. The highest BCUT2D eigenvalue weighted by Gasteiger charge is 2.34. The van der Waals surface area contributed by atoms with E-state index < -0.39 is 48.0 Å². The highest BCUT2D eigenvalue weighted by Crippen LogP contribution is 2.30. The number of aromatic carboxylic acids is 1. The van der Waals surface area contributed by atoms with Gasteiger partial charge in [-0.15, -0.1) is 13.2 Å². The molecule has 0 radical (unpaired) electrons. The molecule has 0 aliphatic carbocycles. The van der Waals surface area contributed by atoms with Gasteiger partial charge in [-0.05, 0) is 6.07 Å². The zero-order valence-electron chi connectivity index (χ0n) is 9.04. The molecule has 0 saturated heterocycles. The third-order valence-corrected chi connectivity index (χ3v) is 1.98. The quantitative estimate of drug-likeness (QED) is 0.828. The Morgan fingerprint density at radius 2 is 2.05 bits per heavy atom. The second-order valence-corrected chi connectivity index (χ2v) is 3.24. The van der Waals surface area contributed by atoms with Gasteiger partial charge in [0.1, 0.15) is 5.69 Å². The molecular formula is C9H7F5N2O3. The van der Waals surface area contributed by atoms with Crippen molar-refractivity contribution in [3.05, 3.63) is 22.9 Å². The maximum Gasteiger partial charge on any atom is 0.574 e. The number of carbonyl (C=O) groups is 1. The van der Waals surface area contributed by atoms with E-state index in [1.807, 2.05) is 0 Å². The van der Waals surface area contributed by atoms with Crippen LogP contribution in [0.1, 0.15) is 28.0 Å². The van der Waals surface area contributed by atoms with Crippen molar-refractivity contribution < 1.29 is 36.6 Å². The number of ether oxygens (including phenoxy) is 1. The number of rotatable bonds is 4. The Bertz CT molecular complexity index is 489. The number of hydrogen-bond acceptors (Lipinski definition) is 4. The molecule has 0 aliphatic rings. The van der Waals surface area contributed by atoms with E-state index in [2.05, 4.69) is 9.72 Å². The van der Waals surface area contributed by atoms with Crippen molar-refractivity contribution in [2.24, 2.45) is 5.73 Å². The number of nitrogens with two attached hydrogens (primary N) is 1. The molecule has 1 aromatic rings. The first-order valence-electron chi connectivity index (χ1n) is 4.66. The minimum absolute atomic E-state index is 0.457. The molecule has 0 aliphatic heterocycles. The Labute approximate surface area is 102 Å². The number of carboxylic acid groups (broad SMARTS) is 1. The van der Waals surface area contributed by atoms with Crippen LogP contribution in [0.3, 0.4) is 0 Å². The molecule has 0 atom stereocenters. The van der Waals surface area contributed by atoms with Crippen molar-refractivity contribution in [2.75, 3.05) is 0 Å². The summed E-state index contributed by atoms with van der Waals surface area (Å²) in [5.74, 6) is -3.00. The molecule has 0 unspecified atom stereocenters. The molecule has 0 spiro atoms. The van der Waals surface area contributed by atoms with Gasteiger partial charge in [-0.25, -0.2) is 18.6 Å². The summed E-state index contributed by atoms with van der Waals surface area (Å²) in [6.07, 6.45) is -8.45. The van der Waals surface area contributed by atoms with Gasteiger partial charge < -0.3 is 15.6 Å². The van der Waals surface area contributed by atoms with Gasteiger partial charge in [0.2, 0.25) is 5.88 Å². The van der Waals surface area contributed by atoms with Crippen molar-refractivity contribution in [3.8, 4) is 5.88 Å². The first-order chi connectivity index (χ1) is 8.65. The molecule has 1 heterocycles. The van der Waals surface area contributed by atoms with Gasteiger partial charge in [0.25, 0.3) is 6.43 Å². The van der Waals surface area contributed by atoms with Gasteiger partial charge >= 0.3 is 12.3 Å². The summed E-state index contributed by atoms with van der Waals surface area (Å²) in [4.78, 5) is 13.7. The average Bonchev–Trinajstić information content (AvgIpc) is 2.25. The van der Waals surface area contributed by atoms with E-state index in [1.165, 1.54) is 0 Å². The van der Waals surface area contributed by atoms with Gasteiger partial charge in [0.05, 0.1) is 5.56 Å². The standard InChI is InChI=1S/C9H7F5N2O3/c10-6(11)5-1-3(8(17)18)4(2-15)7(16-5)19-9(12,13)14/h1,6H,2,15H2,(H,17,18). The van der Waals surface area contributed by atoms with E-state index in [1.54, 1.807) is 0 Å². The molecule has 106 valence electrons. The van der Waals surface area contributed by atoms with Crippen molar-refractivity contribution >= 4 is 5.97 Å². The number of carboxylic acids is 1. The topological polar surface area (TPSA) is 85.4 Å². The van der Waals surface area contributed by atoms with Crippen LogP contribution in [-0.4, -0.2) is 22.4 Å². The number of pyridine rings is 1. The largest absolute Gasteiger partial charge is 0.574 e. The van der Waals surface area contributed by atoms with Crippen LogP contribution >= 0.6 is 0 Å². The number of aromatic nitrogens is 1. The number of halogens is 5. The SMILES string of the molecule is NCc1c(C(=O)O)cc(C(F)F)nc1OC(F)(F)F. The fourth-order valence-electron chi connectivity index (χ4n) is 1.26. The maximum atomic E-state index is 12.4. The Morgan fingerprint density at radius 3 is 2.42 bits per heavy atom. The predicted molar refractivity (Wildman–Crippen MR) is 50.7 cm³/mol. The smallest absolute Gasteiger partial charge is 0.478 e. The second-order valence-electron chi connectivity index (χ2n) is 3.24. The Hall–Kier alpha value is -1.97. The molecule has 0 aromatic carbocycles. The third-order valence-electron chi connectivity index (χ3n) is 1.98. The van der Waals surface area contributed by atoms with Crippen molar-refractivity contribution in [3.63, 3.8) is 0 Å². The van der Waals surface area contributed by atoms with Crippen LogP contribution in [-0.2, 0) is 6.54 Å². The van der Waals surface area contributed by atoms with Crippen LogP contribution in [0.15, 0.2) is 6.07 Å². The second kappa shape index (κ2) is 5.34. The zero-order valence-corrected chi connectivity index (χ0v) is 9.04. The predicted octanol–water partition coefficient (Wildman–Crippen LogP) is 2.07. The van der Waals surface area contributed by atoms with Gasteiger partial charge in [-0.1, -0.05) is 0 Å². The molecule has 10 heteroatoms. The van der Waals surface area contributed by atoms with Gasteiger partial charge in [0, 0.05) is 12.1 Å². The van der Waals surface area contributed by atoms with E-state index in [-0.39, 0.29) is 0 Å². The molecule has 5 nitrogen and oxygen atoms in total. The summed E-state index contributed by atoms with van der Waals surface area (Å²) in [6.45, 7) is -0.663. The van der Waals surface area contributed by atoms with E-state index in [9.17, 15) is 26.7 Å². The first-order valence-corrected chi connectivity index (χ1v) is 4.66. The minimum Gasteiger partial charge on any atom is -0.478 e. The monoisotopic (exact) mass is 286 g/mol. The zero-order chi connectivity index (χ0) is 14.8. The van der Waals surface area contributed by atoms with Gasteiger partial charge in [-0.3, -0.25) is 0 Å². The summed E-state index contributed by atoms with van der Waals surface area (Å²) in [6, 6.07) is 0.457. The molecule has 0 bridgehead atoms. The van der Waals surface area contributed by atoms with Gasteiger partial charge in [-0.2, -0.15) is 0 Å². The average molecular weight is 286 g/mol. The molecular weight excluding hydrogens is 279 g/mol. The highest BCUT2D eigenvalue weighted by atomic mass is 19.4. The number of hydrogen-bond donors (Lipinski definition) is 2. The molecule has 0 saturated carbocycles. The lowest BCUT2D eigenvalue weighted by Crippen LogP contribution is -2.21. The lowest BCUT2D eigenvalue weighted by molar-refractivity contribution is -0.276. The van der Waals surface area contributed by atoms with E-state index in [0.717, 1.165) is 0 Å². The van der Waals surface area contributed by atoms with Crippen molar-refractivity contribution in [1.82, 2.24) is 4.98 Å². The summed E-state index contributed by atoms with van der Waals surface area (Å²) < 4.78 is 64.5. The molecule has 3 N–H and O–H groups in total. The van der Waals surface area contributed by atoms with E-state index in [4.69, 9.17) is 10.8 Å². The molecule has 0 amide bonds. The van der Waals surface area contributed by atoms with E-state index in [0.29, 0.717) is 6.07 Å². The Kier molecular flexibility index (Phi) is 4.24. The van der Waals surface area contributed by atoms with E-state index >= 15 is 0 Å². The van der Waals surface area contributed by atoms with Crippen LogP contribution in [0.5, 0.6) is 5.88 Å². The molecule has 0 fully saturated rings. The summed E-state index contributed by atoms with van der Waals surface area (Å²) in [5.41, 5.74) is 2.52. The summed E-state index contributed by atoms with van der Waals surface area (Å²) >= 11 is 0. The normalized spacial score (nSPS) is 11.7. The summed E-state index contributed by atoms with van der Waals surface area (Å²) in [7, 11) is 0. The number of alkyl halides is 5. The minimum atomic E-state index is -5.20. The Morgan fingerprint density at radius 1 is 1.47 bits per heavy atom. The first kappa shape index (κ1) is 15.1. The van der Waals surface area contributed by atoms with Crippen molar-refractivity contribution in [2.45, 2.75) is 19.3 Å². The fraction of sp³-hybridized carbons (Fsp3) is 0.333. The van der Waals surface area contributed by atoms with Gasteiger partial charge in [0.15, 0.2) is 0 Å². The van der Waals surface area contributed by atoms with Crippen LogP contribution in [0.4, 0.5) is 22.0 Å². The van der Waals surface area contributed by atoms with Crippen molar-refractivity contribution in [1.29, 1.82) is 0 Å². The Balaban J connectivity index is 3.44. The van der Waals surface area contributed by atoms with Crippen LogP contribution in [0, 0.1) is 0 Å². The molecule has 1 rings (SSSR count). The lowest BCUT2D eigenvalue weighted by atomic mass is 10.1. The van der Waals surface area contributed by atoms with Crippen LogP contribution in [0.2, 0.25) is 0 Å². The summed E-state index contributed by atoms with van der Waals surface area (Å²) in [5, 5.41) is 8.76. The van der Waals surface area contributed by atoms with Crippen LogP contribution < -0.4 is 10.5 Å². The molecule has 19 heavy (non-hydrogen) atoms. The van der Waals surface area contributed by atoms with Crippen LogP contribution in [0.25, 0.3) is 0 Å².